The molecule has 1 aromatic rings. The lowest BCUT2D eigenvalue weighted by atomic mass is 10.2. The highest BCUT2D eigenvalue weighted by molar-refractivity contribution is 8.01. The van der Waals surface area contributed by atoms with E-state index in [1.54, 1.807) is 23.8 Å². The van der Waals surface area contributed by atoms with Gasteiger partial charge in [0.1, 0.15) is 11.8 Å². The van der Waals surface area contributed by atoms with E-state index in [1.807, 2.05) is 31.2 Å². The fourth-order valence-electron chi connectivity index (χ4n) is 3.22. The summed E-state index contributed by atoms with van der Waals surface area (Å²) in [6.07, 6.45) is 1.19. The van der Waals surface area contributed by atoms with Crippen LogP contribution in [0, 0.1) is 0 Å². The Balaban J connectivity index is 1.45. The SMILES string of the molecule is COc1ccc(CNC(=O)COC(=O)[C@H]2CS[C@@]3(C)CCC(=O)N23)cc1. The molecule has 26 heavy (non-hydrogen) atoms. The Kier molecular flexibility index (Phi) is 5.41. The van der Waals surface area contributed by atoms with E-state index < -0.39 is 12.0 Å². The Hall–Kier alpha value is -2.22. The van der Waals surface area contributed by atoms with Crippen molar-refractivity contribution in [2.45, 2.75) is 37.2 Å². The smallest absolute Gasteiger partial charge is 0.330 e. The standard InChI is InChI=1S/C18H22N2O5S/c1-18-8-7-16(22)20(18)14(11-26-18)17(23)25-10-15(21)19-9-12-3-5-13(24-2)6-4-12/h3-6,14H,7-11H2,1-2H3,(H,19,21)/t14-,18+/m1/s1. The van der Waals surface area contributed by atoms with Crippen molar-refractivity contribution in [2.24, 2.45) is 0 Å². The summed E-state index contributed by atoms with van der Waals surface area (Å²) in [4.78, 5) is 37.6. The van der Waals surface area contributed by atoms with Crippen LogP contribution in [0.1, 0.15) is 25.3 Å². The molecule has 0 bridgehead atoms. The third kappa shape index (κ3) is 3.80. The monoisotopic (exact) mass is 378 g/mol. The number of nitrogens with one attached hydrogen (secondary N) is 1. The van der Waals surface area contributed by atoms with Gasteiger partial charge in [0.15, 0.2) is 6.61 Å². The van der Waals surface area contributed by atoms with Crippen molar-refractivity contribution in [3.63, 3.8) is 0 Å². The molecular formula is C18H22N2O5S. The Morgan fingerprint density at radius 1 is 1.35 bits per heavy atom. The molecule has 2 fully saturated rings. The highest BCUT2D eigenvalue weighted by atomic mass is 32.2. The quantitative estimate of drug-likeness (QED) is 0.752. The Bertz CT molecular complexity index is 708. The normalized spacial score (nSPS) is 24.3. The van der Waals surface area contributed by atoms with Gasteiger partial charge in [0, 0.05) is 18.7 Å². The highest BCUT2D eigenvalue weighted by Crippen LogP contribution is 2.47. The van der Waals surface area contributed by atoms with Crippen molar-refractivity contribution < 1.29 is 23.9 Å². The third-order valence-electron chi connectivity index (χ3n) is 4.71. The van der Waals surface area contributed by atoms with Gasteiger partial charge in [-0.05, 0) is 31.0 Å². The number of rotatable bonds is 6. The van der Waals surface area contributed by atoms with Crippen LogP contribution >= 0.6 is 11.8 Å². The van der Waals surface area contributed by atoms with Crippen LogP contribution in [0.3, 0.4) is 0 Å². The molecule has 2 saturated heterocycles. The summed E-state index contributed by atoms with van der Waals surface area (Å²) in [6.45, 7) is 1.95. The van der Waals surface area contributed by atoms with E-state index in [-0.39, 0.29) is 23.3 Å². The molecule has 2 aliphatic rings. The van der Waals surface area contributed by atoms with Crippen LogP contribution in [0.4, 0.5) is 0 Å². The number of carbonyl (C=O) groups excluding carboxylic acids is 3. The number of hydrogen-bond donors (Lipinski definition) is 1. The zero-order chi connectivity index (χ0) is 18.7. The van der Waals surface area contributed by atoms with Gasteiger partial charge in [-0.3, -0.25) is 9.59 Å². The first-order valence-electron chi connectivity index (χ1n) is 8.45. The van der Waals surface area contributed by atoms with Crippen molar-refractivity contribution in [2.75, 3.05) is 19.5 Å². The van der Waals surface area contributed by atoms with Gasteiger partial charge >= 0.3 is 5.97 Å². The number of benzene rings is 1. The minimum Gasteiger partial charge on any atom is -0.497 e. The summed E-state index contributed by atoms with van der Waals surface area (Å²) in [7, 11) is 1.59. The van der Waals surface area contributed by atoms with Crippen LogP contribution in [-0.4, -0.2) is 53.1 Å². The van der Waals surface area contributed by atoms with Crippen molar-refractivity contribution >= 4 is 29.5 Å². The summed E-state index contributed by atoms with van der Waals surface area (Å²) in [5, 5.41) is 2.70. The predicted octanol–water partition coefficient (Wildman–Crippen LogP) is 1.31. The molecule has 3 rings (SSSR count). The molecule has 0 saturated carbocycles. The number of hydrogen-bond acceptors (Lipinski definition) is 6. The van der Waals surface area contributed by atoms with Crippen molar-refractivity contribution in [3.05, 3.63) is 29.8 Å². The Morgan fingerprint density at radius 3 is 2.77 bits per heavy atom. The minimum absolute atomic E-state index is 0.0246. The first kappa shape index (κ1) is 18.6. The van der Waals surface area contributed by atoms with Crippen molar-refractivity contribution in [1.82, 2.24) is 10.2 Å². The molecule has 2 amide bonds. The van der Waals surface area contributed by atoms with Crippen LogP contribution in [0.5, 0.6) is 5.75 Å². The Labute approximate surface area is 156 Å². The molecule has 1 N–H and O–H groups in total. The second-order valence-corrected chi connectivity index (χ2v) is 8.00. The molecule has 2 aliphatic heterocycles. The molecule has 8 heteroatoms. The molecule has 0 unspecified atom stereocenters. The summed E-state index contributed by atoms with van der Waals surface area (Å²) in [5.41, 5.74) is 0.913. The van der Waals surface area contributed by atoms with Gasteiger partial charge in [-0.1, -0.05) is 12.1 Å². The minimum atomic E-state index is -0.602. The van der Waals surface area contributed by atoms with Gasteiger partial charge in [-0.25, -0.2) is 4.79 Å². The van der Waals surface area contributed by atoms with E-state index >= 15 is 0 Å². The molecule has 0 radical (unpaired) electrons. The molecule has 7 nitrogen and oxygen atoms in total. The number of methoxy groups -OCH3 is 1. The van der Waals surface area contributed by atoms with E-state index in [4.69, 9.17) is 9.47 Å². The molecule has 2 heterocycles. The number of amides is 2. The lowest BCUT2D eigenvalue weighted by Crippen LogP contribution is -2.47. The number of carbonyl (C=O) groups is 3. The summed E-state index contributed by atoms with van der Waals surface area (Å²) in [5.74, 6) is 0.329. The van der Waals surface area contributed by atoms with Crippen LogP contribution < -0.4 is 10.1 Å². The second-order valence-electron chi connectivity index (χ2n) is 6.50. The number of nitrogens with zero attached hydrogens (tertiary/aromatic N) is 1. The molecule has 1 aromatic carbocycles. The molecule has 140 valence electrons. The zero-order valence-electron chi connectivity index (χ0n) is 14.8. The highest BCUT2D eigenvalue weighted by Gasteiger charge is 2.53. The van der Waals surface area contributed by atoms with Gasteiger partial charge in [-0.15, -0.1) is 11.8 Å². The number of esters is 1. The van der Waals surface area contributed by atoms with E-state index in [0.717, 1.165) is 17.7 Å². The first-order chi connectivity index (χ1) is 12.4. The average molecular weight is 378 g/mol. The van der Waals surface area contributed by atoms with E-state index in [2.05, 4.69) is 5.32 Å². The van der Waals surface area contributed by atoms with Crippen molar-refractivity contribution in [1.29, 1.82) is 0 Å². The number of fused-ring (bicyclic) bond motifs is 1. The van der Waals surface area contributed by atoms with Crippen LogP contribution in [-0.2, 0) is 25.7 Å². The second kappa shape index (κ2) is 7.57. The maximum atomic E-state index is 12.3. The third-order valence-corrected chi connectivity index (χ3v) is 6.22. The van der Waals surface area contributed by atoms with E-state index in [9.17, 15) is 14.4 Å². The summed E-state index contributed by atoms with van der Waals surface area (Å²) >= 11 is 1.59. The van der Waals surface area contributed by atoms with Gasteiger partial charge in [0.25, 0.3) is 5.91 Å². The van der Waals surface area contributed by atoms with Gasteiger partial charge in [-0.2, -0.15) is 0 Å². The predicted molar refractivity (Wildman–Crippen MR) is 96.5 cm³/mol. The largest absolute Gasteiger partial charge is 0.497 e. The molecule has 0 aliphatic carbocycles. The van der Waals surface area contributed by atoms with Crippen LogP contribution in [0.15, 0.2) is 24.3 Å². The molecular weight excluding hydrogens is 356 g/mol. The summed E-state index contributed by atoms with van der Waals surface area (Å²) < 4.78 is 10.2. The lowest BCUT2D eigenvalue weighted by Gasteiger charge is -2.29. The topological polar surface area (TPSA) is 84.9 Å². The first-order valence-corrected chi connectivity index (χ1v) is 9.44. The Morgan fingerprint density at radius 2 is 2.08 bits per heavy atom. The zero-order valence-corrected chi connectivity index (χ0v) is 15.6. The fourth-order valence-corrected chi connectivity index (χ4v) is 4.64. The maximum absolute atomic E-state index is 12.3. The van der Waals surface area contributed by atoms with Crippen LogP contribution in [0.25, 0.3) is 0 Å². The lowest BCUT2D eigenvalue weighted by molar-refractivity contribution is -0.156. The number of thioether (sulfide) groups is 1. The average Bonchev–Trinajstić information content (AvgIpc) is 3.14. The molecule has 0 aromatic heterocycles. The summed E-state index contributed by atoms with van der Waals surface area (Å²) in [6, 6.07) is 6.71. The van der Waals surface area contributed by atoms with E-state index in [1.165, 1.54) is 0 Å². The van der Waals surface area contributed by atoms with Crippen molar-refractivity contribution in [3.8, 4) is 5.75 Å². The maximum Gasteiger partial charge on any atom is 0.330 e. The number of ether oxygens (including phenoxy) is 2. The van der Waals surface area contributed by atoms with E-state index in [0.29, 0.717) is 18.7 Å². The van der Waals surface area contributed by atoms with Gasteiger partial charge < -0.3 is 19.7 Å². The molecule has 2 atom stereocenters. The van der Waals surface area contributed by atoms with Gasteiger partial charge in [0.2, 0.25) is 5.91 Å². The fraction of sp³-hybridized carbons (Fsp3) is 0.500. The molecule has 0 spiro atoms. The van der Waals surface area contributed by atoms with Gasteiger partial charge in [0.05, 0.1) is 12.0 Å². The van der Waals surface area contributed by atoms with Crippen LogP contribution in [0.2, 0.25) is 0 Å².